The number of hydrogen-bond donors (Lipinski definition) is 2. The Morgan fingerprint density at radius 3 is 1.14 bits per heavy atom. The third kappa shape index (κ3) is 19.2. The molecule has 0 unspecified atom stereocenters. The molecule has 0 rings (SSSR count). The Kier molecular flexibility index (Phi) is 14.7. The zero-order chi connectivity index (χ0) is 11.1. The van der Waals surface area contributed by atoms with Gasteiger partial charge in [-0.15, -0.1) is 0 Å². The molecule has 84 valence electrons. The van der Waals surface area contributed by atoms with Crippen LogP contribution in [0.3, 0.4) is 0 Å². The van der Waals surface area contributed by atoms with E-state index < -0.39 is 12.3 Å². The fourth-order valence-electron chi connectivity index (χ4n) is 0.750. The SMILES string of the molecule is CC[Si](O)(CC)CC.OC(Cl)(Cl)Cl.[Zn]. The van der Waals surface area contributed by atoms with Gasteiger partial charge in [0.15, 0.2) is 8.32 Å². The summed E-state index contributed by atoms with van der Waals surface area (Å²) in [6, 6.07) is 3.04. The maximum absolute atomic E-state index is 9.58. The zero-order valence-corrected chi connectivity index (χ0v) is 15.1. The number of alkyl halides is 3. The van der Waals surface area contributed by atoms with Gasteiger partial charge in [-0.25, -0.2) is 0 Å². The minimum atomic E-state index is -2.08. The molecule has 0 aromatic rings. The molecule has 0 radical (unpaired) electrons. The number of halogens is 3. The minimum Gasteiger partial charge on any atom is -0.432 e. The molecule has 0 aliphatic carbocycles. The Hall–Kier alpha value is 1.63. The van der Waals surface area contributed by atoms with E-state index in [0.717, 1.165) is 18.1 Å². The van der Waals surface area contributed by atoms with E-state index in [4.69, 9.17) is 5.11 Å². The first-order valence-corrected chi connectivity index (χ1v) is 7.90. The molecule has 0 bridgehead atoms. The van der Waals surface area contributed by atoms with E-state index in [0.29, 0.717) is 0 Å². The molecule has 0 aliphatic heterocycles. The predicted molar refractivity (Wildman–Crippen MR) is 61.9 cm³/mol. The molecule has 2 N–H and O–H groups in total. The summed E-state index contributed by atoms with van der Waals surface area (Å²) in [6.07, 6.45) is 0. The summed E-state index contributed by atoms with van der Waals surface area (Å²) < 4.78 is -2.08. The third-order valence-electron chi connectivity index (χ3n) is 1.97. The van der Waals surface area contributed by atoms with Crippen LogP contribution in [0.5, 0.6) is 0 Å². The summed E-state index contributed by atoms with van der Waals surface area (Å²) in [4.78, 5) is 9.58. The molecule has 0 aromatic carbocycles. The maximum Gasteiger partial charge on any atom is 0.294 e. The minimum absolute atomic E-state index is 0. The van der Waals surface area contributed by atoms with Gasteiger partial charge >= 0.3 is 0 Å². The van der Waals surface area contributed by atoms with Gasteiger partial charge in [-0.05, 0) is 18.1 Å². The second kappa shape index (κ2) is 9.83. The standard InChI is InChI=1S/C6H16OSi.CHCl3O.Zn/c1-4-8(7,5-2)6-3;2-1(3,4)5;/h7H,4-6H2,1-3H3;5H;. The van der Waals surface area contributed by atoms with Crippen LogP contribution in [0.4, 0.5) is 0 Å². The normalized spacial score (nSPS) is 11.1. The van der Waals surface area contributed by atoms with Crippen LogP contribution < -0.4 is 0 Å². The molecule has 0 fully saturated rings. The topological polar surface area (TPSA) is 40.5 Å². The molecular formula is C7H17Cl3O2SiZn. The molecule has 7 heteroatoms. The van der Waals surface area contributed by atoms with Crippen molar-refractivity contribution >= 4 is 43.1 Å². The van der Waals surface area contributed by atoms with E-state index >= 15 is 0 Å². The van der Waals surface area contributed by atoms with E-state index in [1.165, 1.54) is 0 Å². The molecule has 0 spiro atoms. The van der Waals surface area contributed by atoms with E-state index in [1.807, 2.05) is 0 Å². The van der Waals surface area contributed by atoms with Crippen molar-refractivity contribution in [2.45, 2.75) is 42.9 Å². The van der Waals surface area contributed by atoms with Gasteiger partial charge in [-0.2, -0.15) is 0 Å². The Bertz CT molecular complexity index is 114. The number of aliphatic hydroxyl groups is 1. The smallest absolute Gasteiger partial charge is 0.294 e. The summed E-state index contributed by atoms with van der Waals surface area (Å²) in [5, 5.41) is 7.82. The zero-order valence-electron chi connectivity index (χ0n) is 8.86. The Labute approximate surface area is 115 Å². The van der Waals surface area contributed by atoms with Crippen molar-refractivity contribution < 1.29 is 29.4 Å². The third-order valence-corrected chi connectivity index (χ3v) is 5.92. The van der Waals surface area contributed by atoms with Crippen molar-refractivity contribution in [3.8, 4) is 0 Å². The van der Waals surface area contributed by atoms with Crippen LogP contribution in [0.1, 0.15) is 20.8 Å². The molecule has 0 atom stereocenters. The summed E-state index contributed by atoms with van der Waals surface area (Å²) in [5.41, 5.74) is 0. The Morgan fingerprint density at radius 1 is 1.00 bits per heavy atom. The second-order valence-corrected chi connectivity index (χ2v) is 9.54. The summed E-state index contributed by atoms with van der Waals surface area (Å²) >= 11 is 13.8. The summed E-state index contributed by atoms with van der Waals surface area (Å²) in [5.74, 6) is 0. The first-order chi connectivity index (χ1) is 5.68. The van der Waals surface area contributed by atoms with Gasteiger partial charge in [-0.3, -0.25) is 0 Å². The summed E-state index contributed by atoms with van der Waals surface area (Å²) in [7, 11) is -1.67. The fraction of sp³-hybridized carbons (Fsp3) is 1.00. The average molecular weight is 333 g/mol. The van der Waals surface area contributed by atoms with Crippen molar-refractivity contribution in [2.75, 3.05) is 0 Å². The number of rotatable bonds is 3. The largest absolute Gasteiger partial charge is 0.432 e. The molecule has 0 aromatic heterocycles. The average Bonchev–Trinajstić information content (AvgIpc) is 2.00. The van der Waals surface area contributed by atoms with Crippen molar-refractivity contribution in [3.05, 3.63) is 0 Å². The van der Waals surface area contributed by atoms with Gasteiger partial charge in [0.25, 0.3) is 3.98 Å². The summed E-state index contributed by atoms with van der Waals surface area (Å²) in [6.45, 7) is 6.25. The molecule has 0 heterocycles. The van der Waals surface area contributed by atoms with Crippen LogP contribution in [0.25, 0.3) is 0 Å². The Morgan fingerprint density at radius 2 is 1.14 bits per heavy atom. The van der Waals surface area contributed by atoms with Gasteiger partial charge in [0, 0.05) is 19.5 Å². The maximum atomic E-state index is 9.58. The van der Waals surface area contributed by atoms with Crippen LogP contribution in [0.2, 0.25) is 18.1 Å². The Balaban J connectivity index is -0.000000177. The molecule has 0 aliphatic rings. The van der Waals surface area contributed by atoms with Gasteiger partial charge in [-0.1, -0.05) is 55.6 Å². The van der Waals surface area contributed by atoms with Crippen LogP contribution >= 0.6 is 34.8 Å². The second-order valence-electron chi connectivity index (χ2n) is 2.75. The van der Waals surface area contributed by atoms with Crippen LogP contribution in [-0.4, -0.2) is 22.2 Å². The van der Waals surface area contributed by atoms with Gasteiger partial charge in [0.2, 0.25) is 0 Å². The molecule has 0 saturated carbocycles. The molecule has 14 heavy (non-hydrogen) atoms. The van der Waals surface area contributed by atoms with Crippen molar-refractivity contribution in [2.24, 2.45) is 0 Å². The predicted octanol–water partition coefficient (Wildman–Crippen LogP) is 3.29. The monoisotopic (exact) mass is 330 g/mol. The van der Waals surface area contributed by atoms with Crippen LogP contribution in [0.15, 0.2) is 0 Å². The van der Waals surface area contributed by atoms with Gasteiger partial charge in [0.05, 0.1) is 0 Å². The molecule has 0 saturated heterocycles. The van der Waals surface area contributed by atoms with E-state index in [2.05, 4.69) is 55.6 Å². The van der Waals surface area contributed by atoms with E-state index in [-0.39, 0.29) is 19.5 Å². The first kappa shape index (κ1) is 21.0. The fourth-order valence-corrected chi connectivity index (χ4v) is 2.25. The molecule has 2 nitrogen and oxygen atoms in total. The van der Waals surface area contributed by atoms with Crippen LogP contribution in [0, 0.1) is 0 Å². The molecular weight excluding hydrogens is 316 g/mol. The number of hydrogen-bond acceptors (Lipinski definition) is 2. The van der Waals surface area contributed by atoms with Gasteiger partial charge in [0.1, 0.15) is 0 Å². The molecule has 0 amide bonds. The van der Waals surface area contributed by atoms with Crippen molar-refractivity contribution in [1.29, 1.82) is 0 Å². The van der Waals surface area contributed by atoms with Gasteiger partial charge < -0.3 is 9.90 Å². The van der Waals surface area contributed by atoms with E-state index in [1.54, 1.807) is 0 Å². The van der Waals surface area contributed by atoms with Crippen LogP contribution in [-0.2, 0) is 19.5 Å². The van der Waals surface area contributed by atoms with Crippen molar-refractivity contribution in [3.63, 3.8) is 0 Å². The van der Waals surface area contributed by atoms with E-state index in [9.17, 15) is 4.80 Å². The van der Waals surface area contributed by atoms with Crippen molar-refractivity contribution in [1.82, 2.24) is 0 Å². The quantitative estimate of drug-likeness (QED) is 0.615. The first-order valence-electron chi connectivity index (χ1n) is 4.20.